The Morgan fingerprint density at radius 2 is 1.75 bits per heavy atom. The molecular formula is C18H30FN. The van der Waals surface area contributed by atoms with Crippen molar-refractivity contribution in [2.24, 2.45) is 0 Å². The van der Waals surface area contributed by atoms with Gasteiger partial charge in [-0.1, -0.05) is 27.2 Å². The van der Waals surface area contributed by atoms with E-state index in [1.807, 2.05) is 13.8 Å². The maximum Gasteiger partial charge on any atom is 0.128 e. The molecule has 0 aromatic heterocycles. The lowest BCUT2D eigenvalue weighted by molar-refractivity contribution is 0.603. The monoisotopic (exact) mass is 279 g/mol. The minimum absolute atomic E-state index is 0.0750. The molecule has 1 aliphatic rings. The number of aryl methyl sites for hydroxylation is 1. The van der Waals surface area contributed by atoms with Gasteiger partial charge >= 0.3 is 0 Å². The van der Waals surface area contributed by atoms with Gasteiger partial charge in [-0.25, -0.2) is 4.39 Å². The van der Waals surface area contributed by atoms with Crippen LogP contribution in [0.4, 0.5) is 10.1 Å². The predicted molar refractivity (Wildman–Crippen MR) is 87.1 cm³/mol. The van der Waals surface area contributed by atoms with E-state index in [1.165, 1.54) is 19.3 Å². The molecule has 2 heteroatoms. The molecule has 1 saturated heterocycles. The molecule has 1 aromatic carbocycles. The van der Waals surface area contributed by atoms with Gasteiger partial charge in [-0.15, -0.1) is 0 Å². The molecule has 20 heavy (non-hydrogen) atoms. The van der Waals surface area contributed by atoms with Crippen molar-refractivity contribution in [2.45, 2.75) is 79.3 Å². The first-order valence-corrected chi connectivity index (χ1v) is 8.01. The molecule has 0 bridgehead atoms. The Labute approximate surface area is 124 Å². The molecule has 1 nitrogen and oxygen atoms in total. The second-order valence-electron chi connectivity index (χ2n) is 5.97. The normalized spacial score (nSPS) is 21.6. The van der Waals surface area contributed by atoms with E-state index in [0.717, 1.165) is 23.2 Å². The summed E-state index contributed by atoms with van der Waals surface area (Å²) in [5.74, 6) is -0.0750. The fourth-order valence-electron chi connectivity index (χ4n) is 2.89. The van der Waals surface area contributed by atoms with E-state index < -0.39 is 0 Å². The van der Waals surface area contributed by atoms with Crippen LogP contribution in [-0.2, 0) is 0 Å². The van der Waals surface area contributed by atoms with Gasteiger partial charge in [0.05, 0.1) is 0 Å². The van der Waals surface area contributed by atoms with Crippen LogP contribution in [0.15, 0.2) is 12.1 Å². The molecule has 2 atom stereocenters. The number of anilines is 1. The average Bonchev–Trinajstić information content (AvgIpc) is 2.77. The molecule has 1 heterocycles. The van der Waals surface area contributed by atoms with Crippen LogP contribution in [0.2, 0.25) is 0 Å². The first-order chi connectivity index (χ1) is 9.46. The molecule has 1 aliphatic heterocycles. The molecule has 2 unspecified atom stereocenters. The van der Waals surface area contributed by atoms with Gasteiger partial charge in [0, 0.05) is 17.8 Å². The Hall–Kier alpha value is -1.05. The summed E-state index contributed by atoms with van der Waals surface area (Å²) in [7, 11) is 0. The maximum atomic E-state index is 13.8. The van der Waals surface area contributed by atoms with Crippen molar-refractivity contribution in [1.82, 2.24) is 0 Å². The number of halogens is 1. The summed E-state index contributed by atoms with van der Waals surface area (Å²) in [5.41, 5.74) is 2.88. The number of nitrogens with zero attached hydrogens (tertiary/aromatic N) is 1. The standard InChI is InChI=1S/C15H22FN.C3H8/c1-5-13-7-6-11(3)17(13)14-8-10(2)12(4)15(16)9-14;1-3-2/h8-9,11,13H,5-7H2,1-4H3;3H2,1-2H3. The van der Waals surface area contributed by atoms with Gasteiger partial charge < -0.3 is 4.90 Å². The molecule has 2 rings (SSSR count). The van der Waals surface area contributed by atoms with Gasteiger partial charge in [0.2, 0.25) is 0 Å². The third kappa shape index (κ3) is 3.74. The zero-order valence-corrected chi connectivity index (χ0v) is 14.0. The third-order valence-electron chi connectivity index (χ3n) is 4.14. The minimum atomic E-state index is -0.0750. The Bertz CT molecular complexity index is 404. The summed E-state index contributed by atoms with van der Waals surface area (Å²) < 4.78 is 13.8. The Morgan fingerprint density at radius 1 is 1.15 bits per heavy atom. The van der Waals surface area contributed by atoms with E-state index in [-0.39, 0.29) is 5.82 Å². The quantitative estimate of drug-likeness (QED) is 0.678. The van der Waals surface area contributed by atoms with Crippen LogP contribution in [0.1, 0.15) is 64.5 Å². The van der Waals surface area contributed by atoms with Gasteiger partial charge in [0.25, 0.3) is 0 Å². The summed E-state index contributed by atoms with van der Waals surface area (Å²) in [5, 5.41) is 0. The minimum Gasteiger partial charge on any atom is -0.366 e. The van der Waals surface area contributed by atoms with Crippen LogP contribution >= 0.6 is 0 Å². The van der Waals surface area contributed by atoms with Crippen molar-refractivity contribution in [3.63, 3.8) is 0 Å². The number of rotatable bonds is 2. The number of benzene rings is 1. The molecule has 0 radical (unpaired) electrons. The van der Waals surface area contributed by atoms with E-state index in [4.69, 9.17) is 0 Å². The zero-order chi connectivity index (χ0) is 15.3. The largest absolute Gasteiger partial charge is 0.366 e. The molecule has 0 amide bonds. The highest BCUT2D eigenvalue weighted by atomic mass is 19.1. The Kier molecular flexibility index (Phi) is 6.51. The van der Waals surface area contributed by atoms with Crippen molar-refractivity contribution in [3.8, 4) is 0 Å². The van der Waals surface area contributed by atoms with Crippen LogP contribution in [0.5, 0.6) is 0 Å². The van der Waals surface area contributed by atoms with Crippen molar-refractivity contribution >= 4 is 5.69 Å². The predicted octanol–water partition coefficient (Wildman–Crippen LogP) is 5.63. The van der Waals surface area contributed by atoms with Crippen molar-refractivity contribution in [1.29, 1.82) is 0 Å². The fraction of sp³-hybridized carbons (Fsp3) is 0.667. The Balaban J connectivity index is 0.000000612. The summed E-state index contributed by atoms with van der Waals surface area (Å²) in [6.45, 7) is 12.5. The molecular weight excluding hydrogens is 249 g/mol. The fourth-order valence-corrected chi connectivity index (χ4v) is 2.89. The molecule has 0 saturated carbocycles. The van der Waals surface area contributed by atoms with E-state index in [0.29, 0.717) is 12.1 Å². The number of hydrogen-bond acceptors (Lipinski definition) is 1. The van der Waals surface area contributed by atoms with Crippen molar-refractivity contribution < 1.29 is 4.39 Å². The molecule has 0 N–H and O–H groups in total. The van der Waals surface area contributed by atoms with Gasteiger partial charge in [0.1, 0.15) is 5.82 Å². The second kappa shape index (κ2) is 7.66. The first kappa shape index (κ1) is 17.0. The highest BCUT2D eigenvalue weighted by molar-refractivity contribution is 5.53. The van der Waals surface area contributed by atoms with Gasteiger partial charge in [-0.2, -0.15) is 0 Å². The van der Waals surface area contributed by atoms with E-state index >= 15 is 0 Å². The summed E-state index contributed by atoms with van der Waals surface area (Å²) >= 11 is 0. The van der Waals surface area contributed by atoms with Crippen LogP contribution in [-0.4, -0.2) is 12.1 Å². The SMILES string of the molecule is CCC.CCC1CCC(C)N1c1cc(C)c(C)c(F)c1. The lowest BCUT2D eigenvalue weighted by Gasteiger charge is -2.31. The third-order valence-corrected chi connectivity index (χ3v) is 4.14. The zero-order valence-electron chi connectivity index (χ0n) is 14.0. The van der Waals surface area contributed by atoms with Crippen molar-refractivity contribution in [2.75, 3.05) is 4.90 Å². The summed E-state index contributed by atoms with van der Waals surface area (Å²) in [4.78, 5) is 2.40. The summed E-state index contributed by atoms with van der Waals surface area (Å²) in [6, 6.07) is 4.93. The number of hydrogen-bond donors (Lipinski definition) is 0. The second-order valence-corrected chi connectivity index (χ2v) is 5.97. The molecule has 0 aliphatic carbocycles. The lowest BCUT2D eigenvalue weighted by Crippen LogP contribution is -2.34. The highest BCUT2D eigenvalue weighted by Crippen LogP contribution is 2.33. The molecule has 0 spiro atoms. The first-order valence-electron chi connectivity index (χ1n) is 8.01. The molecule has 1 aromatic rings. The molecule has 114 valence electrons. The van der Waals surface area contributed by atoms with Crippen LogP contribution in [0, 0.1) is 19.7 Å². The van der Waals surface area contributed by atoms with Crippen LogP contribution in [0.25, 0.3) is 0 Å². The smallest absolute Gasteiger partial charge is 0.128 e. The average molecular weight is 279 g/mol. The van der Waals surface area contributed by atoms with Gasteiger partial charge in [-0.3, -0.25) is 0 Å². The molecule has 1 fully saturated rings. The van der Waals surface area contributed by atoms with Gasteiger partial charge in [0.15, 0.2) is 0 Å². The van der Waals surface area contributed by atoms with E-state index in [2.05, 4.69) is 38.7 Å². The van der Waals surface area contributed by atoms with E-state index in [9.17, 15) is 4.39 Å². The summed E-state index contributed by atoms with van der Waals surface area (Å²) in [6.07, 6.45) is 4.83. The Morgan fingerprint density at radius 3 is 2.25 bits per heavy atom. The maximum absolute atomic E-state index is 13.8. The topological polar surface area (TPSA) is 3.24 Å². The van der Waals surface area contributed by atoms with Gasteiger partial charge in [-0.05, 0) is 63.3 Å². The highest BCUT2D eigenvalue weighted by Gasteiger charge is 2.29. The van der Waals surface area contributed by atoms with Crippen LogP contribution < -0.4 is 4.90 Å². The van der Waals surface area contributed by atoms with E-state index in [1.54, 1.807) is 6.07 Å². The lowest BCUT2D eigenvalue weighted by atomic mass is 10.1. The van der Waals surface area contributed by atoms with Crippen molar-refractivity contribution in [3.05, 3.63) is 29.1 Å². The van der Waals surface area contributed by atoms with Crippen LogP contribution in [0.3, 0.4) is 0 Å².